The Hall–Kier alpha value is -1.15. The summed E-state index contributed by atoms with van der Waals surface area (Å²) in [4.78, 5) is 18.6. The predicted molar refractivity (Wildman–Crippen MR) is 91.8 cm³/mol. The van der Waals surface area contributed by atoms with Gasteiger partial charge in [-0.2, -0.15) is 4.98 Å². The van der Waals surface area contributed by atoms with Crippen molar-refractivity contribution in [2.24, 2.45) is 0 Å². The van der Waals surface area contributed by atoms with E-state index in [1.807, 2.05) is 18.2 Å². The monoisotopic (exact) mass is 399 g/mol. The smallest absolute Gasteiger partial charge is 0.347 e. The molecule has 1 aromatic heterocycles. The topological polar surface area (TPSA) is 67.0 Å². The highest BCUT2D eigenvalue weighted by molar-refractivity contribution is 14.1. The average Bonchev–Trinajstić information content (AvgIpc) is 2.49. The number of benzene rings is 1. The van der Waals surface area contributed by atoms with Crippen molar-refractivity contribution >= 4 is 39.3 Å². The van der Waals surface area contributed by atoms with Crippen LogP contribution in [-0.4, -0.2) is 29.2 Å². The molecule has 6 heteroatoms. The zero-order valence-corrected chi connectivity index (χ0v) is 14.0. The highest BCUT2D eigenvalue weighted by atomic mass is 127. The van der Waals surface area contributed by atoms with Crippen molar-refractivity contribution in [1.29, 1.82) is 0 Å². The van der Waals surface area contributed by atoms with Crippen molar-refractivity contribution in [3.8, 4) is 0 Å². The van der Waals surface area contributed by atoms with Crippen LogP contribution >= 0.6 is 22.6 Å². The molecule has 0 spiro atoms. The predicted octanol–water partition coefficient (Wildman–Crippen LogP) is 2.90. The first kappa shape index (κ1) is 14.8. The van der Waals surface area contributed by atoms with Crippen molar-refractivity contribution < 1.29 is 4.74 Å². The van der Waals surface area contributed by atoms with Gasteiger partial charge in [-0.05, 0) is 66.5 Å². The summed E-state index contributed by atoms with van der Waals surface area (Å²) in [5, 5.41) is 4.41. The number of aromatic nitrogens is 2. The normalized spacial score (nSPS) is 22.4. The largest absolute Gasteiger partial charge is 0.381 e. The van der Waals surface area contributed by atoms with Gasteiger partial charge >= 0.3 is 5.69 Å². The molecule has 1 aliphatic rings. The van der Waals surface area contributed by atoms with E-state index in [1.54, 1.807) is 7.11 Å². The molecule has 2 aromatic rings. The number of rotatable bonds is 3. The fraction of sp³-hybridized carbons (Fsp3) is 0.467. The molecule has 0 atom stereocenters. The van der Waals surface area contributed by atoms with Crippen LogP contribution in [-0.2, 0) is 4.74 Å². The Kier molecular flexibility index (Phi) is 4.44. The zero-order valence-electron chi connectivity index (χ0n) is 11.9. The van der Waals surface area contributed by atoms with Gasteiger partial charge in [0.15, 0.2) is 0 Å². The van der Waals surface area contributed by atoms with Crippen LogP contribution in [0.2, 0.25) is 0 Å². The molecule has 0 radical (unpaired) electrons. The molecule has 2 N–H and O–H groups in total. The van der Waals surface area contributed by atoms with Crippen LogP contribution in [0.25, 0.3) is 10.9 Å². The Morgan fingerprint density at radius 1 is 1.33 bits per heavy atom. The molecule has 0 aliphatic heterocycles. The number of hydrogen-bond donors (Lipinski definition) is 2. The van der Waals surface area contributed by atoms with Crippen molar-refractivity contribution in [3.63, 3.8) is 0 Å². The Morgan fingerprint density at radius 2 is 2.10 bits per heavy atom. The van der Waals surface area contributed by atoms with E-state index in [9.17, 15) is 4.79 Å². The van der Waals surface area contributed by atoms with Crippen molar-refractivity contribution in [3.05, 3.63) is 32.3 Å². The van der Waals surface area contributed by atoms with Crippen LogP contribution < -0.4 is 11.0 Å². The van der Waals surface area contributed by atoms with E-state index >= 15 is 0 Å². The van der Waals surface area contributed by atoms with Crippen molar-refractivity contribution in [1.82, 2.24) is 9.97 Å². The molecule has 5 nitrogen and oxygen atoms in total. The van der Waals surface area contributed by atoms with E-state index in [4.69, 9.17) is 4.74 Å². The molecule has 112 valence electrons. The number of methoxy groups -OCH3 is 1. The van der Waals surface area contributed by atoms with Gasteiger partial charge in [-0.15, -0.1) is 0 Å². The molecule has 1 fully saturated rings. The lowest BCUT2D eigenvalue weighted by atomic mass is 9.93. The van der Waals surface area contributed by atoms with Crippen LogP contribution in [0.4, 0.5) is 5.82 Å². The first-order chi connectivity index (χ1) is 10.2. The van der Waals surface area contributed by atoms with Gasteiger partial charge in [0.25, 0.3) is 0 Å². The third-order valence-electron chi connectivity index (χ3n) is 4.04. The maximum atomic E-state index is 11.7. The molecule has 0 unspecified atom stereocenters. The quantitative estimate of drug-likeness (QED) is 0.780. The minimum absolute atomic E-state index is 0.309. The summed E-state index contributed by atoms with van der Waals surface area (Å²) in [6.45, 7) is 0. The van der Waals surface area contributed by atoms with E-state index in [0.29, 0.717) is 18.0 Å². The fourth-order valence-electron chi connectivity index (χ4n) is 2.87. The number of aromatic amines is 1. The summed E-state index contributed by atoms with van der Waals surface area (Å²) in [6.07, 6.45) is 4.55. The summed E-state index contributed by atoms with van der Waals surface area (Å²) in [7, 11) is 1.77. The molecule has 21 heavy (non-hydrogen) atoms. The zero-order chi connectivity index (χ0) is 14.8. The van der Waals surface area contributed by atoms with Gasteiger partial charge in [-0.1, -0.05) is 0 Å². The number of ether oxygens (including phenoxy) is 1. The summed E-state index contributed by atoms with van der Waals surface area (Å²) >= 11 is 2.27. The van der Waals surface area contributed by atoms with Gasteiger partial charge in [0.05, 0.1) is 11.6 Å². The SMILES string of the molecule is COC1CCC(Nc2nc(=O)[nH]c3ccc(I)cc23)CC1. The maximum absolute atomic E-state index is 11.7. The minimum atomic E-state index is -0.309. The first-order valence-corrected chi connectivity index (χ1v) is 8.22. The highest BCUT2D eigenvalue weighted by Crippen LogP contribution is 2.26. The van der Waals surface area contributed by atoms with E-state index in [0.717, 1.165) is 40.2 Å². The summed E-state index contributed by atoms with van der Waals surface area (Å²) in [5.74, 6) is 0.688. The Balaban J connectivity index is 1.86. The first-order valence-electron chi connectivity index (χ1n) is 7.14. The van der Waals surface area contributed by atoms with Gasteiger partial charge < -0.3 is 15.0 Å². The maximum Gasteiger partial charge on any atom is 0.347 e. The number of nitrogens with zero attached hydrogens (tertiary/aromatic N) is 1. The second-order valence-electron chi connectivity index (χ2n) is 5.43. The molecule has 1 aliphatic carbocycles. The van der Waals surface area contributed by atoms with Gasteiger partial charge in [0.2, 0.25) is 0 Å². The van der Waals surface area contributed by atoms with Crippen molar-refractivity contribution in [2.75, 3.05) is 12.4 Å². The molecule has 1 aromatic carbocycles. The second kappa shape index (κ2) is 6.31. The molecule has 0 amide bonds. The summed E-state index contributed by atoms with van der Waals surface area (Å²) in [5.41, 5.74) is 0.514. The number of fused-ring (bicyclic) bond motifs is 1. The second-order valence-corrected chi connectivity index (χ2v) is 6.68. The number of H-pyrrole nitrogens is 1. The van der Waals surface area contributed by atoms with E-state index < -0.39 is 0 Å². The van der Waals surface area contributed by atoms with Gasteiger partial charge in [0.1, 0.15) is 5.82 Å². The number of anilines is 1. The molecular formula is C15H18IN3O2. The third kappa shape index (κ3) is 3.37. The molecule has 0 saturated heterocycles. The molecule has 3 rings (SSSR count). The number of nitrogens with one attached hydrogen (secondary N) is 2. The van der Waals surface area contributed by atoms with E-state index in [1.165, 1.54) is 0 Å². The third-order valence-corrected chi connectivity index (χ3v) is 4.71. The average molecular weight is 399 g/mol. The fourth-order valence-corrected chi connectivity index (χ4v) is 3.36. The van der Waals surface area contributed by atoms with Crippen LogP contribution in [0.5, 0.6) is 0 Å². The Labute approximate surface area is 136 Å². The Morgan fingerprint density at radius 3 is 2.81 bits per heavy atom. The van der Waals surface area contributed by atoms with Crippen LogP contribution in [0.3, 0.4) is 0 Å². The minimum Gasteiger partial charge on any atom is -0.381 e. The van der Waals surface area contributed by atoms with Gasteiger partial charge in [0, 0.05) is 22.1 Å². The Bertz CT molecular complexity index is 693. The summed E-state index contributed by atoms with van der Waals surface area (Å²) in [6, 6.07) is 6.30. The number of halogens is 1. The van der Waals surface area contributed by atoms with Gasteiger partial charge in [-0.25, -0.2) is 4.79 Å². The lowest BCUT2D eigenvalue weighted by molar-refractivity contribution is 0.0681. The van der Waals surface area contributed by atoms with E-state index in [2.05, 4.69) is 37.9 Å². The molecule has 0 bridgehead atoms. The van der Waals surface area contributed by atoms with Crippen molar-refractivity contribution in [2.45, 2.75) is 37.8 Å². The van der Waals surface area contributed by atoms with Crippen LogP contribution in [0.1, 0.15) is 25.7 Å². The lowest BCUT2D eigenvalue weighted by Gasteiger charge is -2.28. The van der Waals surface area contributed by atoms with Crippen LogP contribution in [0.15, 0.2) is 23.0 Å². The van der Waals surface area contributed by atoms with Gasteiger partial charge in [-0.3, -0.25) is 0 Å². The molecular weight excluding hydrogens is 381 g/mol. The molecule has 1 heterocycles. The number of hydrogen-bond acceptors (Lipinski definition) is 4. The lowest BCUT2D eigenvalue weighted by Crippen LogP contribution is -2.30. The highest BCUT2D eigenvalue weighted by Gasteiger charge is 2.21. The summed E-state index contributed by atoms with van der Waals surface area (Å²) < 4.78 is 6.52. The molecule has 1 saturated carbocycles. The van der Waals surface area contributed by atoms with Crippen LogP contribution in [0, 0.1) is 3.57 Å². The standard InChI is InChI=1S/C15H18IN3O2/c1-21-11-5-3-10(4-6-11)17-14-12-8-9(16)2-7-13(12)18-15(20)19-14/h2,7-8,10-11H,3-6H2,1H3,(H2,17,18,19,20). The van der Waals surface area contributed by atoms with E-state index in [-0.39, 0.29) is 5.69 Å².